The summed E-state index contributed by atoms with van der Waals surface area (Å²) in [5, 5.41) is 7.95. The number of hydrogen-bond donors (Lipinski definition) is 1. The maximum absolute atomic E-state index is 5.61. The van der Waals surface area contributed by atoms with Gasteiger partial charge in [0.05, 0.1) is 6.04 Å². The van der Waals surface area contributed by atoms with Crippen LogP contribution in [0.5, 0.6) is 0 Å². The minimum Gasteiger partial charge on any atom is -0.338 e. The highest BCUT2D eigenvalue weighted by Gasteiger charge is 2.10. The zero-order valence-corrected chi connectivity index (χ0v) is 8.62. The molecule has 14 heavy (non-hydrogen) atoms. The van der Waals surface area contributed by atoms with Gasteiger partial charge in [0.25, 0.3) is 0 Å². The second-order valence-electron chi connectivity index (χ2n) is 3.15. The second-order valence-corrected chi connectivity index (χ2v) is 3.93. The molecule has 0 aliphatic rings. The van der Waals surface area contributed by atoms with Crippen molar-refractivity contribution in [3.8, 4) is 0 Å². The van der Waals surface area contributed by atoms with Crippen molar-refractivity contribution in [1.82, 2.24) is 10.1 Å². The SMILES string of the molecule is CC(N)c1nc(Cc2ccsc2)no1. The number of nitrogens with two attached hydrogens (primary N) is 1. The largest absolute Gasteiger partial charge is 0.338 e. The van der Waals surface area contributed by atoms with Crippen molar-refractivity contribution in [3.63, 3.8) is 0 Å². The summed E-state index contributed by atoms with van der Waals surface area (Å²) in [5.74, 6) is 1.19. The third kappa shape index (κ3) is 2.00. The Morgan fingerprint density at radius 2 is 2.50 bits per heavy atom. The molecule has 2 aromatic rings. The maximum Gasteiger partial charge on any atom is 0.243 e. The fourth-order valence-electron chi connectivity index (χ4n) is 1.10. The molecule has 2 rings (SSSR count). The van der Waals surface area contributed by atoms with Crippen LogP contribution in [0.2, 0.25) is 0 Å². The van der Waals surface area contributed by atoms with Crippen LogP contribution in [0.3, 0.4) is 0 Å². The van der Waals surface area contributed by atoms with Crippen molar-refractivity contribution in [1.29, 1.82) is 0 Å². The van der Waals surface area contributed by atoms with E-state index >= 15 is 0 Å². The molecule has 0 bridgehead atoms. The van der Waals surface area contributed by atoms with E-state index in [2.05, 4.69) is 15.5 Å². The van der Waals surface area contributed by atoms with Gasteiger partial charge >= 0.3 is 0 Å². The van der Waals surface area contributed by atoms with Crippen LogP contribution in [-0.4, -0.2) is 10.1 Å². The van der Waals surface area contributed by atoms with Crippen molar-refractivity contribution in [2.45, 2.75) is 19.4 Å². The van der Waals surface area contributed by atoms with E-state index in [1.54, 1.807) is 11.3 Å². The number of nitrogens with zero attached hydrogens (tertiary/aromatic N) is 2. The fourth-order valence-corrected chi connectivity index (χ4v) is 1.77. The monoisotopic (exact) mass is 209 g/mol. The van der Waals surface area contributed by atoms with Gasteiger partial charge in [0.15, 0.2) is 5.82 Å². The molecule has 0 radical (unpaired) electrons. The minimum atomic E-state index is -0.196. The average molecular weight is 209 g/mol. The number of thiophene rings is 1. The number of rotatable bonds is 3. The van der Waals surface area contributed by atoms with Crippen LogP contribution < -0.4 is 5.73 Å². The molecular formula is C9H11N3OS. The maximum atomic E-state index is 5.61. The minimum absolute atomic E-state index is 0.196. The molecule has 0 fully saturated rings. The lowest BCUT2D eigenvalue weighted by Gasteiger charge is -1.93. The van der Waals surface area contributed by atoms with Crippen molar-refractivity contribution in [2.75, 3.05) is 0 Å². The van der Waals surface area contributed by atoms with E-state index in [1.165, 1.54) is 5.56 Å². The summed E-state index contributed by atoms with van der Waals surface area (Å²) in [7, 11) is 0. The van der Waals surface area contributed by atoms with Gasteiger partial charge in [-0.25, -0.2) is 0 Å². The molecule has 0 saturated heterocycles. The van der Waals surface area contributed by atoms with E-state index < -0.39 is 0 Å². The zero-order valence-electron chi connectivity index (χ0n) is 7.80. The fraction of sp³-hybridized carbons (Fsp3) is 0.333. The Balaban J connectivity index is 2.11. The van der Waals surface area contributed by atoms with Crippen LogP contribution in [0.25, 0.3) is 0 Å². The first kappa shape index (κ1) is 9.36. The Morgan fingerprint density at radius 3 is 3.07 bits per heavy atom. The van der Waals surface area contributed by atoms with Gasteiger partial charge in [-0.2, -0.15) is 16.3 Å². The third-order valence-corrected chi connectivity index (χ3v) is 2.55. The van der Waals surface area contributed by atoms with Gasteiger partial charge in [-0.15, -0.1) is 0 Å². The second kappa shape index (κ2) is 3.89. The molecule has 0 aliphatic heterocycles. The van der Waals surface area contributed by atoms with Crippen LogP contribution in [0.1, 0.15) is 30.2 Å². The van der Waals surface area contributed by atoms with Crippen LogP contribution in [-0.2, 0) is 6.42 Å². The molecule has 0 aromatic carbocycles. The first-order valence-corrected chi connectivity index (χ1v) is 5.29. The first-order valence-electron chi connectivity index (χ1n) is 4.35. The summed E-state index contributed by atoms with van der Waals surface area (Å²) in [4.78, 5) is 4.19. The van der Waals surface area contributed by atoms with Gasteiger partial charge in [-0.3, -0.25) is 0 Å². The number of hydrogen-bond acceptors (Lipinski definition) is 5. The normalized spacial score (nSPS) is 13.0. The summed E-state index contributed by atoms with van der Waals surface area (Å²) < 4.78 is 4.99. The van der Waals surface area contributed by atoms with E-state index in [9.17, 15) is 0 Å². The average Bonchev–Trinajstić information content (AvgIpc) is 2.75. The molecule has 4 nitrogen and oxygen atoms in total. The lowest BCUT2D eigenvalue weighted by molar-refractivity contribution is 0.358. The van der Waals surface area contributed by atoms with Crippen molar-refractivity contribution in [2.24, 2.45) is 5.73 Å². The smallest absolute Gasteiger partial charge is 0.243 e. The molecule has 0 aliphatic carbocycles. The predicted octanol–water partition coefficient (Wildman–Crippen LogP) is 1.74. The molecule has 74 valence electrons. The Hall–Kier alpha value is -1.20. The molecule has 2 aromatic heterocycles. The molecule has 1 unspecified atom stereocenters. The lowest BCUT2D eigenvalue weighted by atomic mass is 10.2. The molecule has 5 heteroatoms. The van der Waals surface area contributed by atoms with Crippen molar-refractivity contribution in [3.05, 3.63) is 34.1 Å². The zero-order chi connectivity index (χ0) is 9.97. The van der Waals surface area contributed by atoms with Gasteiger partial charge in [0.2, 0.25) is 5.89 Å². The molecule has 2 heterocycles. The summed E-state index contributed by atoms with van der Waals surface area (Å²) >= 11 is 1.66. The molecule has 2 N–H and O–H groups in total. The number of aromatic nitrogens is 2. The highest BCUT2D eigenvalue weighted by Crippen LogP contribution is 2.12. The summed E-state index contributed by atoms with van der Waals surface area (Å²) in [6.45, 7) is 1.82. The Bertz CT molecular complexity index is 394. The highest BCUT2D eigenvalue weighted by molar-refractivity contribution is 7.07. The molecular weight excluding hydrogens is 198 g/mol. The van der Waals surface area contributed by atoms with Crippen LogP contribution >= 0.6 is 11.3 Å². The molecule has 1 atom stereocenters. The predicted molar refractivity (Wildman–Crippen MR) is 54.0 cm³/mol. The summed E-state index contributed by atoms with van der Waals surface area (Å²) in [6.07, 6.45) is 0.708. The van der Waals surface area contributed by atoms with E-state index in [-0.39, 0.29) is 6.04 Å². The van der Waals surface area contributed by atoms with E-state index in [1.807, 2.05) is 18.4 Å². The molecule has 0 saturated carbocycles. The van der Waals surface area contributed by atoms with E-state index in [0.717, 1.165) is 0 Å². The van der Waals surface area contributed by atoms with Gasteiger partial charge in [0.1, 0.15) is 0 Å². The van der Waals surface area contributed by atoms with Crippen LogP contribution in [0.15, 0.2) is 21.3 Å². The Kier molecular flexibility index (Phi) is 2.60. The summed E-state index contributed by atoms with van der Waals surface area (Å²) in [6, 6.07) is 1.85. The van der Waals surface area contributed by atoms with Crippen molar-refractivity contribution < 1.29 is 4.52 Å². The standard InChI is InChI=1S/C9H11N3OS/c1-6(10)9-11-8(12-13-9)4-7-2-3-14-5-7/h2-3,5-6H,4,10H2,1H3. The first-order chi connectivity index (χ1) is 6.75. The Labute approximate surface area is 85.7 Å². The van der Waals surface area contributed by atoms with Gasteiger partial charge in [0, 0.05) is 6.42 Å². The Morgan fingerprint density at radius 1 is 1.64 bits per heavy atom. The van der Waals surface area contributed by atoms with Crippen molar-refractivity contribution >= 4 is 11.3 Å². The highest BCUT2D eigenvalue weighted by atomic mass is 32.1. The third-order valence-electron chi connectivity index (χ3n) is 1.82. The van der Waals surface area contributed by atoms with Crippen LogP contribution in [0, 0.1) is 0 Å². The lowest BCUT2D eigenvalue weighted by Crippen LogP contribution is -2.05. The van der Waals surface area contributed by atoms with Gasteiger partial charge < -0.3 is 10.3 Å². The topological polar surface area (TPSA) is 64.9 Å². The van der Waals surface area contributed by atoms with Crippen LogP contribution in [0.4, 0.5) is 0 Å². The van der Waals surface area contributed by atoms with E-state index in [4.69, 9.17) is 10.3 Å². The quantitative estimate of drug-likeness (QED) is 0.836. The van der Waals surface area contributed by atoms with E-state index in [0.29, 0.717) is 18.1 Å². The van der Waals surface area contributed by atoms with Gasteiger partial charge in [-0.05, 0) is 29.3 Å². The summed E-state index contributed by atoms with van der Waals surface area (Å²) in [5.41, 5.74) is 6.81. The molecule has 0 spiro atoms. The van der Waals surface area contributed by atoms with Gasteiger partial charge in [-0.1, -0.05) is 5.16 Å². The molecule has 0 amide bonds.